The van der Waals surface area contributed by atoms with Gasteiger partial charge in [-0.3, -0.25) is 0 Å². The van der Waals surface area contributed by atoms with Crippen LogP contribution in [0.25, 0.3) is 0 Å². The van der Waals surface area contributed by atoms with E-state index in [4.69, 9.17) is 4.74 Å². The van der Waals surface area contributed by atoms with Crippen LogP contribution in [0.5, 0.6) is 0 Å². The maximum absolute atomic E-state index is 11.7. The second-order valence-corrected chi connectivity index (χ2v) is 6.87. The quantitative estimate of drug-likeness (QED) is 0.657. The zero-order valence-electron chi connectivity index (χ0n) is 11.8. The third kappa shape index (κ3) is 1.50. The van der Waals surface area contributed by atoms with E-state index in [-0.39, 0.29) is 11.8 Å². The van der Waals surface area contributed by atoms with Gasteiger partial charge in [0.15, 0.2) is 0 Å². The van der Waals surface area contributed by atoms with Gasteiger partial charge in [-0.25, -0.2) is 4.79 Å². The van der Waals surface area contributed by atoms with Gasteiger partial charge in [0.1, 0.15) is 0 Å². The van der Waals surface area contributed by atoms with Crippen LogP contribution in [0, 0.1) is 11.3 Å². The topological polar surface area (TPSA) is 66.8 Å². The Morgan fingerprint density at radius 2 is 2.05 bits per heavy atom. The van der Waals surface area contributed by atoms with Crippen molar-refractivity contribution in [2.75, 3.05) is 0 Å². The van der Waals surface area contributed by atoms with E-state index >= 15 is 0 Å². The summed E-state index contributed by atoms with van der Waals surface area (Å²) in [5.74, 6) is -1.66. The molecular weight excluding hydrogens is 244 g/mol. The molecular formula is C15H22O4. The number of carbonyl (C=O) groups is 1. The molecule has 1 aliphatic heterocycles. The highest BCUT2D eigenvalue weighted by Crippen LogP contribution is 2.61. The fourth-order valence-electron chi connectivity index (χ4n) is 4.28. The van der Waals surface area contributed by atoms with E-state index in [1.165, 1.54) is 0 Å². The van der Waals surface area contributed by atoms with Crippen LogP contribution in [0.15, 0.2) is 11.1 Å². The lowest BCUT2D eigenvalue weighted by molar-refractivity contribution is -0.247. The first kappa shape index (κ1) is 13.1. The van der Waals surface area contributed by atoms with Crippen molar-refractivity contribution < 1.29 is 19.7 Å². The molecule has 3 aliphatic rings. The van der Waals surface area contributed by atoms with E-state index in [1.54, 1.807) is 6.92 Å². The summed E-state index contributed by atoms with van der Waals surface area (Å²) in [4.78, 5) is 11.7. The third-order valence-electron chi connectivity index (χ3n) is 5.95. The molecule has 0 bridgehead atoms. The standard InChI is InChI=1S/C15H22O4/c1-9-5-4-6-14(17)8-15(18)11(7-13(9,14)3)10(2)12(16)19-15/h9,17-18H,4-8H2,1-3H3. The molecule has 0 spiro atoms. The Morgan fingerprint density at radius 1 is 1.37 bits per heavy atom. The Kier molecular flexibility index (Phi) is 2.50. The van der Waals surface area contributed by atoms with Crippen LogP contribution in [0.3, 0.4) is 0 Å². The third-order valence-corrected chi connectivity index (χ3v) is 5.95. The van der Waals surface area contributed by atoms with Crippen LogP contribution in [-0.2, 0) is 9.53 Å². The number of fused-ring (bicyclic) bond motifs is 2. The molecule has 0 aromatic heterocycles. The molecule has 4 heteroatoms. The first-order chi connectivity index (χ1) is 8.72. The Labute approximate surface area is 113 Å². The highest BCUT2D eigenvalue weighted by Gasteiger charge is 2.64. The second-order valence-electron chi connectivity index (χ2n) is 6.87. The van der Waals surface area contributed by atoms with Crippen LogP contribution in [0.4, 0.5) is 0 Å². The number of aliphatic hydroxyl groups is 2. The van der Waals surface area contributed by atoms with Crippen molar-refractivity contribution in [2.45, 2.75) is 64.3 Å². The summed E-state index contributed by atoms with van der Waals surface area (Å²) < 4.78 is 5.14. The summed E-state index contributed by atoms with van der Waals surface area (Å²) in [6.07, 6.45) is 3.35. The van der Waals surface area contributed by atoms with Crippen LogP contribution < -0.4 is 0 Å². The van der Waals surface area contributed by atoms with Crippen molar-refractivity contribution in [1.82, 2.24) is 0 Å². The molecule has 4 atom stereocenters. The molecule has 3 rings (SSSR count). The Bertz CT molecular complexity index is 483. The summed E-state index contributed by atoms with van der Waals surface area (Å²) in [5.41, 5.74) is -0.0439. The minimum absolute atomic E-state index is 0.110. The van der Waals surface area contributed by atoms with E-state index in [0.29, 0.717) is 29.9 Å². The maximum Gasteiger partial charge on any atom is 0.336 e. The second kappa shape index (κ2) is 3.61. The fourth-order valence-corrected chi connectivity index (χ4v) is 4.28. The van der Waals surface area contributed by atoms with Gasteiger partial charge in [-0.15, -0.1) is 0 Å². The number of carbonyl (C=O) groups excluding carboxylic acids is 1. The van der Waals surface area contributed by atoms with Crippen LogP contribution in [0.1, 0.15) is 52.9 Å². The Morgan fingerprint density at radius 3 is 2.74 bits per heavy atom. The molecule has 2 aliphatic carbocycles. The average molecular weight is 266 g/mol. The van der Waals surface area contributed by atoms with Gasteiger partial charge in [-0.05, 0) is 32.1 Å². The van der Waals surface area contributed by atoms with Crippen molar-refractivity contribution >= 4 is 5.97 Å². The molecule has 19 heavy (non-hydrogen) atoms. The zero-order valence-corrected chi connectivity index (χ0v) is 11.8. The van der Waals surface area contributed by atoms with Crippen molar-refractivity contribution in [1.29, 1.82) is 0 Å². The number of ether oxygens (including phenoxy) is 1. The highest BCUT2D eigenvalue weighted by molar-refractivity contribution is 5.92. The summed E-state index contributed by atoms with van der Waals surface area (Å²) in [5, 5.41) is 21.6. The first-order valence-electron chi connectivity index (χ1n) is 7.10. The highest BCUT2D eigenvalue weighted by atomic mass is 16.7. The van der Waals surface area contributed by atoms with E-state index in [9.17, 15) is 15.0 Å². The van der Waals surface area contributed by atoms with Gasteiger partial charge >= 0.3 is 5.97 Å². The normalized spacial score (nSPS) is 49.7. The minimum Gasteiger partial charge on any atom is -0.426 e. The lowest BCUT2D eigenvalue weighted by Crippen LogP contribution is -2.61. The van der Waals surface area contributed by atoms with Gasteiger partial charge in [0.25, 0.3) is 0 Å². The number of hydrogen-bond acceptors (Lipinski definition) is 4. The van der Waals surface area contributed by atoms with Gasteiger partial charge in [-0.1, -0.05) is 20.3 Å². The Balaban J connectivity index is 2.09. The first-order valence-corrected chi connectivity index (χ1v) is 7.10. The molecule has 0 aromatic rings. The van der Waals surface area contributed by atoms with Crippen molar-refractivity contribution in [3.05, 3.63) is 11.1 Å². The molecule has 106 valence electrons. The molecule has 2 saturated carbocycles. The lowest BCUT2D eigenvalue weighted by Gasteiger charge is -2.58. The largest absolute Gasteiger partial charge is 0.426 e. The van der Waals surface area contributed by atoms with Crippen molar-refractivity contribution in [3.8, 4) is 0 Å². The van der Waals surface area contributed by atoms with Crippen molar-refractivity contribution in [3.63, 3.8) is 0 Å². The maximum atomic E-state index is 11.7. The van der Waals surface area contributed by atoms with Gasteiger partial charge in [0.05, 0.1) is 5.60 Å². The fraction of sp³-hybridized carbons (Fsp3) is 0.800. The summed E-state index contributed by atoms with van der Waals surface area (Å²) in [6.45, 7) is 5.94. The van der Waals surface area contributed by atoms with E-state index in [0.717, 1.165) is 12.8 Å². The van der Waals surface area contributed by atoms with Crippen LogP contribution >= 0.6 is 0 Å². The molecule has 0 saturated heterocycles. The number of rotatable bonds is 0. The zero-order chi connectivity index (χ0) is 14.1. The smallest absolute Gasteiger partial charge is 0.336 e. The molecule has 4 unspecified atom stereocenters. The number of hydrogen-bond donors (Lipinski definition) is 2. The summed E-state index contributed by atoms with van der Waals surface area (Å²) in [7, 11) is 0. The molecule has 0 aromatic carbocycles. The van der Waals surface area contributed by atoms with Gasteiger partial charge in [0, 0.05) is 23.0 Å². The van der Waals surface area contributed by atoms with E-state index < -0.39 is 17.4 Å². The molecule has 0 amide bonds. The predicted octanol–water partition coefficient (Wildman–Crippen LogP) is 1.90. The molecule has 1 heterocycles. The van der Waals surface area contributed by atoms with Crippen LogP contribution in [0.2, 0.25) is 0 Å². The SMILES string of the molecule is CC1=C2CC3(C)C(C)CCCC3(O)CC2(O)OC1=O. The molecule has 0 radical (unpaired) electrons. The number of esters is 1. The van der Waals surface area contributed by atoms with Gasteiger partial charge < -0.3 is 14.9 Å². The Hall–Kier alpha value is -0.870. The monoisotopic (exact) mass is 266 g/mol. The summed E-state index contributed by atoms with van der Waals surface area (Å²) >= 11 is 0. The van der Waals surface area contributed by atoms with Gasteiger partial charge in [0.2, 0.25) is 5.79 Å². The van der Waals surface area contributed by atoms with Crippen LogP contribution in [-0.4, -0.2) is 27.6 Å². The van der Waals surface area contributed by atoms with Gasteiger partial charge in [-0.2, -0.15) is 0 Å². The van der Waals surface area contributed by atoms with Crippen molar-refractivity contribution in [2.24, 2.45) is 11.3 Å². The predicted molar refractivity (Wildman–Crippen MR) is 69.0 cm³/mol. The van der Waals surface area contributed by atoms with E-state index in [1.807, 2.05) is 0 Å². The minimum atomic E-state index is -1.58. The molecule has 2 fully saturated rings. The molecule has 4 nitrogen and oxygen atoms in total. The summed E-state index contributed by atoms with van der Waals surface area (Å²) in [6, 6.07) is 0. The molecule has 2 N–H and O–H groups in total. The van der Waals surface area contributed by atoms with E-state index in [2.05, 4.69) is 13.8 Å². The average Bonchev–Trinajstić information content (AvgIpc) is 2.50. The lowest BCUT2D eigenvalue weighted by atomic mass is 9.51.